The third kappa shape index (κ3) is 8.27. The van der Waals surface area contributed by atoms with Gasteiger partial charge in [0, 0.05) is 11.1 Å². The molecule has 2 atom stereocenters. The van der Waals surface area contributed by atoms with Gasteiger partial charge in [0.25, 0.3) is 0 Å². The molecule has 0 fully saturated rings. The van der Waals surface area contributed by atoms with E-state index in [1.54, 1.807) is 60.7 Å². The molecule has 0 aliphatic heterocycles. The van der Waals surface area contributed by atoms with Gasteiger partial charge in [-0.2, -0.15) is 26.3 Å². The lowest BCUT2D eigenvalue weighted by molar-refractivity contribution is -0.147. The van der Waals surface area contributed by atoms with E-state index in [-0.39, 0.29) is 43.7 Å². The third-order valence-electron chi connectivity index (χ3n) is 10.9. The van der Waals surface area contributed by atoms with Crippen molar-refractivity contribution in [2.45, 2.75) is 50.2 Å². The van der Waals surface area contributed by atoms with Crippen LogP contribution in [0.4, 0.5) is 26.3 Å². The van der Waals surface area contributed by atoms with Crippen LogP contribution in [0.3, 0.4) is 0 Å². The first-order chi connectivity index (χ1) is 31.5. The van der Waals surface area contributed by atoms with Crippen molar-refractivity contribution in [3.05, 3.63) is 142 Å². The van der Waals surface area contributed by atoms with E-state index in [1.807, 2.05) is 0 Å². The van der Waals surface area contributed by atoms with Gasteiger partial charge >= 0.3 is 24.3 Å². The topological polar surface area (TPSA) is 193 Å². The van der Waals surface area contributed by atoms with Crippen LogP contribution >= 0.6 is 22.7 Å². The molecule has 0 amide bonds. The number of hydrogen-bond acceptors (Lipinski definition) is 12. The normalized spacial score (nSPS) is 13.9. The smallest absolute Gasteiger partial charge is 0.422 e. The molecular formula is C46H30F6N4O8S2. The van der Waals surface area contributed by atoms with Crippen molar-refractivity contribution >= 4 is 34.6 Å². The quantitative estimate of drug-likeness (QED) is 0.106. The molecule has 12 nitrogen and oxygen atoms in total. The molecule has 20 heteroatoms. The lowest BCUT2D eigenvalue weighted by Gasteiger charge is -2.17. The second-order valence-electron chi connectivity index (χ2n) is 15.1. The Hall–Kier alpha value is -7.00. The third-order valence-corrected chi connectivity index (χ3v) is 13.2. The highest BCUT2D eigenvalue weighted by atomic mass is 32.1. The number of carbonyl (C=O) groups is 2. The zero-order chi connectivity index (χ0) is 46.7. The molecule has 66 heavy (non-hydrogen) atoms. The summed E-state index contributed by atoms with van der Waals surface area (Å²) < 4.78 is 94.5. The van der Waals surface area contributed by atoms with Crippen molar-refractivity contribution in [1.82, 2.24) is 20.3 Å². The maximum atomic E-state index is 14.0. The molecule has 0 radical (unpaired) electrons. The van der Waals surface area contributed by atoms with Crippen LogP contribution in [-0.2, 0) is 47.6 Å². The number of halogens is 6. The number of aryl methyl sites for hydroxylation is 4. The van der Waals surface area contributed by atoms with Crippen molar-refractivity contribution in [1.29, 1.82) is 0 Å². The Kier molecular flexibility index (Phi) is 11.5. The standard InChI is InChI=1S/2C23H15F3N2O4S/c2*24-23(25,26)16-17(11-4-2-1-3-5-11)28-32-19(16)21-27-15-9-7-12-10-13(18(29)22(30)31)6-8-14(12)20(15)33-21/h2*1-6,8,10,18,29H,7,9H2,(H,30,31)/t2*18-/m10/s1. The first kappa shape index (κ1) is 44.2. The van der Waals surface area contributed by atoms with Crippen LogP contribution in [-0.4, -0.2) is 52.6 Å². The number of aliphatic hydroxyl groups is 2. The zero-order valence-electron chi connectivity index (χ0n) is 33.5. The fraction of sp³-hybridized carbons (Fsp3) is 0.174. The molecule has 10 rings (SSSR count). The van der Waals surface area contributed by atoms with E-state index < -0.39 is 59.1 Å². The maximum Gasteiger partial charge on any atom is 0.422 e. The second-order valence-corrected chi connectivity index (χ2v) is 17.1. The number of thiazole rings is 2. The molecule has 4 aromatic heterocycles. The number of fused-ring (bicyclic) bond motifs is 6. The molecule has 0 saturated heterocycles. The number of hydrogen-bond donors (Lipinski definition) is 4. The van der Waals surface area contributed by atoms with Crippen molar-refractivity contribution in [3.8, 4) is 64.9 Å². The minimum absolute atomic E-state index is 0.0736. The van der Waals surface area contributed by atoms with Crippen LogP contribution in [0, 0.1) is 0 Å². The molecule has 2 aliphatic carbocycles. The first-order valence-electron chi connectivity index (χ1n) is 19.8. The Labute approximate surface area is 376 Å². The van der Waals surface area contributed by atoms with E-state index >= 15 is 0 Å². The highest BCUT2D eigenvalue weighted by molar-refractivity contribution is 7.19. The molecule has 4 N–H and O–H groups in total. The van der Waals surface area contributed by atoms with E-state index in [4.69, 9.17) is 19.3 Å². The van der Waals surface area contributed by atoms with Gasteiger partial charge in [0.2, 0.25) is 11.5 Å². The van der Waals surface area contributed by atoms with Gasteiger partial charge in [-0.1, -0.05) is 107 Å². The maximum absolute atomic E-state index is 14.0. The predicted molar refractivity (Wildman–Crippen MR) is 227 cm³/mol. The summed E-state index contributed by atoms with van der Waals surface area (Å²) in [6.07, 6.45) is -10.7. The highest BCUT2D eigenvalue weighted by Crippen LogP contribution is 2.49. The summed E-state index contributed by atoms with van der Waals surface area (Å²) in [5.41, 5.74) is 2.91. The van der Waals surface area contributed by atoms with Crippen LogP contribution < -0.4 is 0 Å². The van der Waals surface area contributed by atoms with Gasteiger partial charge in [-0.3, -0.25) is 0 Å². The van der Waals surface area contributed by atoms with Crippen LogP contribution in [0.15, 0.2) is 106 Å². The number of alkyl halides is 6. The summed E-state index contributed by atoms with van der Waals surface area (Å²) in [6, 6.07) is 25.6. The van der Waals surface area contributed by atoms with Crippen molar-refractivity contribution in [2.24, 2.45) is 0 Å². The number of aliphatic hydroxyl groups excluding tert-OH is 2. The fourth-order valence-corrected chi connectivity index (χ4v) is 10.2. The summed E-state index contributed by atoms with van der Waals surface area (Å²) in [5.74, 6) is -3.57. The van der Waals surface area contributed by atoms with Crippen LogP contribution in [0.5, 0.6) is 0 Å². The minimum atomic E-state index is -4.70. The SMILES string of the molecule is O=C(O)[C@@H](O)c1ccc2c(c1)CCc1nc(-c3onc(-c4ccccc4)c3C(F)(F)F)sc1-2.O=C(O)[C@H](O)c1ccc2c(c1)CCc1nc(-c3onc(-c4ccccc4)c3C(F)(F)F)sc1-2. The van der Waals surface area contributed by atoms with Gasteiger partial charge < -0.3 is 29.5 Å². The van der Waals surface area contributed by atoms with Gasteiger partial charge in [-0.25, -0.2) is 19.6 Å². The van der Waals surface area contributed by atoms with E-state index in [0.29, 0.717) is 46.8 Å². The average molecular weight is 945 g/mol. The molecule has 0 spiro atoms. The lowest BCUT2D eigenvalue weighted by atomic mass is 9.91. The highest BCUT2D eigenvalue weighted by Gasteiger charge is 2.44. The number of benzene rings is 4. The molecule has 4 aromatic carbocycles. The molecule has 0 unspecified atom stereocenters. The van der Waals surface area contributed by atoms with E-state index in [1.165, 1.54) is 36.4 Å². The molecule has 4 heterocycles. The number of rotatable bonds is 8. The Morgan fingerprint density at radius 1 is 0.561 bits per heavy atom. The monoisotopic (exact) mass is 944 g/mol. The number of aliphatic carboxylic acids is 2. The van der Waals surface area contributed by atoms with Crippen LogP contribution in [0.25, 0.3) is 64.9 Å². The number of nitrogens with zero attached hydrogens (tertiary/aromatic N) is 4. The summed E-state index contributed by atoms with van der Waals surface area (Å²) in [5, 5.41) is 45.3. The Morgan fingerprint density at radius 3 is 1.29 bits per heavy atom. The number of carboxylic acids is 2. The molecular weight excluding hydrogens is 915 g/mol. The fourth-order valence-electron chi connectivity index (χ4n) is 7.86. The van der Waals surface area contributed by atoms with E-state index in [9.17, 15) is 46.1 Å². The summed E-state index contributed by atoms with van der Waals surface area (Å²) >= 11 is 2.13. The number of carboxylic acid groups (broad SMARTS) is 2. The lowest BCUT2D eigenvalue weighted by Crippen LogP contribution is -2.12. The molecule has 336 valence electrons. The van der Waals surface area contributed by atoms with Crippen molar-refractivity contribution in [2.75, 3.05) is 0 Å². The van der Waals surface area contributed by atoms with Crippen molar-refractivity contribution < 1.29 is 65.4 Å². The number of aromatic nitrogens is 4. The van der Waals surface area contributed by atoms with E-state index in [2.05, 4.69) is 20.3 Å². The zero-order valence-corrected chi connectivity index (χ0v) is 35.1. The van der Waals surface area contributed by atoms with Gasteiger partial charge in [0.1, 0.15) is 22.5 Å². The second kappa shape index (κ2) is 17.1. The van der Waals surface area contributed by atoms with Gasteiger partial charge in [0.05, 0.1) is 21.1 Å². The van der Waals surface area contributed by atoms with Crippen molar-refractivity contribution in [3.63, 3.8) is 0 Å². The average Bonchev–Trinajstić information content (AvgIpc) is 4.13. The predicted octanol–water partition coefficient (Wildman–Crippen LogP) is 10.7. The van der Waals surface area contributed by atoms with Gasteiger partial charge in [-0.15, -0.1) is 22.7 Å². The Bertz CT molecular complexity index is 2930. The Morgan fingerprint density at radius 2 is 0.939 bits per heavy atom. The first-order valence-corrected chi connectivity index (χ1v) is 21.4. The van der Waals surface area contributed by atoms with Crippen LogP contribution in [0.1, 0.15) is 57.0 Å². The molecule has 8 aromatic rings. The summed E-state index contributed by atoms with van der Waals surface area (Å²) in [4.78, 5) is 32.4. The summed E-state index contributed by atoms with van der Waals surface area (Å²) in [7, 11) is 0. The molecule has 2 aliphatic rings. The largest absolute Gasteiger partial charge is 0.479 e. The molecule has 0 saturated carbocycles. The summed E-state index contributed by atoms with van der Waals surface area (Å²) in [6.45, 7) is 0. The minimum Gasteiger partial charge on any atom is -0.479 e. The Balaban J connectivity index is 0.000000166. The van der Waals surface area contributed by atoms with E-state index in [0.717, 1.165) is 44.9 Å². The van der Waals surface area contributed by atoms with Gasteiger partial charge in [0.15, 0.2) is 22.2 Å². The molecule has 0 bridgehead atoms. The van der Waals surface area contributed by atoms with Crippen LogP contribution in [0.2, 0.25) is 0 Å². The van der Waals surface area contributed by atoms with Gasteiger partial charge in [-0.05, 0) is 59.1 Å².